The van der Waals surface area contributed by atoms with Gasteiger partial charge in [0.05, 0.1) is 11.0 Å². The van der Waals surface area contributed by atoms with Gasteiger partial charge >= 0.3 is 0 Å². The number of nitrogens with zero attached hydrogens (tertiary/aromatic N) is 5. The van der Waals surface area contributed by atoms with Crippen molar-refractivity contribution in [3.63, 3.8) is 0 Å². The third kappa shape index (κ3) is 6.84. The largest absolute Gasteiger partial charge is 0.309 e. The van der Waals surface area contributed by atoms with Crippen LogP contribution >= 0.6 is 0 Å². The summed E-state index contributed by atoms with van der Waals surface area (Å²) in [4.78, 5) is 19.3. The fraction of sp³-hybridized carbons (Fsp3) is 0. The van der Waals surface area contributed by atoms with Crippen molar-refractivity contribution >= 4 is 21.8 Å². The van der Waals surface area contributed by atoms with Gasteiger partial charge in [-0.15, -0.1) is 0 Å². The standard InChI is InChI=1S/C56H37N5/c1-5-13-38(14-6-1)45-27-31-52-49(35-45)50-36-46(39-15-7-2-8-16-39)28-32-53(50)61(52)47-29-25-41(26-30-47)51-37-57-34-33-48(51)40-21-23-44(24-22-40)56-59-54(42-17-9-3-10-18-42)58-55(60-56)43-19-11-4-12-20-43/h1-37H. The molecule has 0 unspecified atom stereocenters. The van der Waals surface area contributed by atoms with Crippen molar-refractivity contribution in [1.29, 1.82) is 0 Å². The second-order valence-corrected chi connectivity index (χ2v) is 15.1. The Morgan fingerprint density at radius 3 is 1.15 bits per heavy atom. The van der Waals surface area contributed by atoms with Crippen LogP contribution in [0.3, 0.4) is 0 Å². The highest BCUT2D eigenvalue weighted by atomic mass is 15.0. The fourth-order valence-corrected chi connectivity index (χ4v) is 8.32. The predicted octanol–water partition coefficient (Wildman–Crippen LogP) is 14.0. The van der Waals surface area contributed by atoms with Crippen LogP contribution in [0, 0.1) is 0 Å². The SMILES string of the molecule is c1ccc(-c2ccc3c(c2)c2cc(-c4ccccc4)ccc2n3-c2ccc(-c3cnccc3-c3ccc(-c4nc(-c5ccccc5)nc(-c5ccccc5)n4)cc3)cc2)cc1. The van der Waals surface area contributed by atoms with E-state index in [4.69, 9.17) is 15.0 Å². The number of fused-ring (bicyclic) bond motifs is 3. The Labute approximate surface area is 354 Å². The van der Waals surface area contributed by atoms with Crippen molar-refractivity contribution in [3.8, 4) is 84.4 Å². The molecule has 0 amide bonds. The molecule has 5 nitrogen and oxygen atoms in total. The highest BCUT2D eigenvalue weighted by Crippen LogP contribution is 2.39. The fourth-order valence-electron chi connectivity index (χ4n) is 8.32. The van der Waals surface area contributed by atoms with Gasteiger partial charge in [0.2, 0.25) is 0 Å². The molecule has 0 bridgehead atoms. The van der Waals surface area contributed by atoms with Crippen LogP contribution in [0.25, 0.3) is 106 Å². The van der Waals surface area contributed by atoms with Gasteiger partial charge in [-0.1, -0.05) is 170 Å². The van der Waals surface area contributed by atoms with E-state index in [1.807, 2.05) is 73.1 Å². The Balaban J connectivity index is 0.955. The first kappa shape index (κ1) is 35.8. The Bertz CT molecular complexity index is 3150. The van der Waals surface area contributed by atoms with Crippen molar-refractivity contribution in [1.82, 2.24) is 24.5 Å². The quantitative estimate of drug-likeness (QED) is 0.154. The normalized spacial score (nSPS) is 11.3. The molecule has 0 atom stereocenters. The maximum absolute atomic E-state index is 4.94. The minimum Gasteiger partial charge on any atom is -0.309 e. The van der Waals surface area contributed by atoms with Gasteiger partial charge in [-0.25, -0.2) is 15.0 Å². The topological polar surface area (TPSA) is 56.5 Å². The third-order valence-electron chi connectivity index (χ3n) is 11.4. The maximum Gasteiger partial charge on any atom is 0.164 e. The molecule has 3 aromatic heterocycles. The van der Waals surface area contributed by atoms with Crippen LogP contribution in [0.1, 0.15) is 0 Å². The van der Waals surface area contributed by atoms with E-state index in [0.717, 1.165) is 44.6 Å². The molecule has 0 spiro atoms. The highest BCUT2D eigenvalue weighted by Gasteiger charge is 2.17. The van der Waals surface area contributed by atoms with E-state index in [1.165, 1.54) is 44.1 Å². The Hall–Kier alpha value is -8.28. The van der Waals surface area contributed by atoms with Crippen LogP contribution in [0.4, 0.5) is 0 Å². The van der Waals surface area contributed by atoms with Crippen molar-refractivity contribution in [2.24, 2.45) is 0 Å². The molecule has 0 radical (unpaired) electrons. The molecule has 61 heavy (non-hydrogen) atoms. The molecule has 0 fully saturated rings. The molecule has 11 rings (SSSR count). The number of hydrogen-bond acceptors (Lipinski definition) is 4. The predicted molar refractivity (Wildman–Crippen MR) is 250 cm³/mol. The Morgan fingerprint density at radius 1 is 0.295 bits per heavy atom. The second kappa shape index (κ2) is 15.5. The Kier molecular flexibility index (Phi) is 9.10. The van der Waals surface area contributed by atoms with Crippen molar-refractivity contribution in [2.75, 3.05) is 0 Å². The molecule has 0 saturated carbocycles. The zero-order valence-corrected chi connectivity index (χ0v) is 33.1. The molecule has 0 N–H and O–H groups in total. The van der Waals surface area contributed by atoms with Crippen LogP contribution in [-0.4, -0.2) is 24.5 Å². The van der Waals surface area contributed by atoms with Gasteiger partial charge in [-0.3, -0.25) is 4.98 Å². The molecule has 286 valence electrons. The first-order valence-electron chi connectivity index (χ1n) is 20.5. The zero-order valence-electron chi connectivity index (χ0n) is 33.1. The van der Waals surface area contributed by atoms with Gasteiger partial charge in [0, 0.05) is 51.1 Å². The minimum atomic E-state index is 0.627. The van der Waals surface area contributed by atoms with Crippen LogP contribution in [0.15, 0.2) is 225 Å². The summed E-state index contributed by atoms with van der Waals surface area (Å²) in [5.41, 5.74) is 15.4. The van der Waals surface area contributed by atoms with Crippen molar-refractivity contribution in [3.05, 3.63) is 225 Å². The zero-order chi connectivity index (χ0) is 40.5. The lowest BCUT2D eigenvalue weighted by molar-refractivity contribution is 1.07. The lowest BCUT2D eigenvalue weighted by Crippen LogP contribution is -2.00. The molecule has 0 aliphatic heterocycles. The molecular formula is C56H37N5. The van der Waals surface area contributed by atoms with Gasteiger partial charge in [-0.05, 0) is 81.4 Å². The van der Waals surface area contributed by atoms with E-state index in [9.17, 15) is 0 Å². The third-order valence-corrected chi connectivity index (χ3v) is 11.4. The molecule has 8 aromatic carbocycles. The summed E-state index contributed by atoms with van der Waals surface area (Å²) in [6, 6.07) is 74.4. The van der Waals surface area contributed by atoms with Gasteiger partial charge in [0.25, 0.3) is 0 Å². The first-order chi connectivity index (χ1) is 30.2. The van der Waals surface area contributed by atoms with Crippen LogP contribution < -0.4 is 0 Å². The van der Waals surface area contributed by atoms with Crippen LogP contribution in [0.5, 0.6) is 0 Å². The van der Waals surface area contributed by atoms with E-state index < -0.39 is 0 Å². The van der Waals surface area contributed by atoms with E-state index >= 15 is 0 Å². The summed E-state index contributed by atoms with van der Waals surface area (Å²) in [6.07, 6.45) is 3.82. The monoisotopic (exact) mass is 779 g/mol. The summed E-state index contributed by atoms with van der Waals surface area (Å²) in [5, 5.41) is 2.45. The highest BCUT2D eigenvalue weighted by molar-refractivity contribution is 6.11. The lowest BCUT2D eigenvalue weighted by Gasteiger charge is -2.13. The van der Waals surface area contributed by atoms with E-state index in [-0.39, 0.29) is 0 Å². The molecule has 0 aliphatic rings. The lowest BCUT2D eigenvalue weighted by atomic mass is 9.95. The maximum atomic E-state index is 4.94. The molecule has 0 aliphatic carbocycles. The average molecular weight is 780 g/mol. The molecule has 3 heterocycles. The summed E-state index contributed by atoms with van der Waals surface area (Å²) in [6.45, 7) is 0. The smallest absolute Gasteiger partial charge is 0.164 e. The minimum absolute atomic E-state index is 0.627. The second-order valence-electron chi connectivity index (χ2n) is 15.1. The summed E-state index contributed by atoms with van der Waals surface area (Å²) in [5.74, 6) is 1.91. The van der Waals surface area contributed by atoms with Crippen LogP contribution in [-0.2, 0) is 0 Å². The summed E-state index contributed by atoms with van der Waals surface area (Å²) in [7, 11) is 0. The average Bonchev–Trinajstić information content (AvgIpc) is 3.68. The number of rotatable bonds is 8. The number of benzene rings is 8. The Morgan fingerprint density at radius 2 is 0.672 bits per heavy atom. The molecule has 5 heteroatoms. The van der Waals surface area contributed by atoms with E-state index in [1.54, 1.807) is 0 Å². The molecular weight excluding hydrogens is 743 g/mol. The van der Waals surface area contributed by atoms with E-state index in [2.05, 4.69) is 161 Å². The molecule has 0 saturated heterocycles. The van der Waals surface area contributed by atoms with Crippen molar-refractivity contribution in [2.45, 2.75) is 0 Å². The first-order valence-corrected chi connectivity index (χ1v) is 20.5. The number of hydrogen-bond donors (Lipinski definition) is 0. The number of aromatic nitrogens is 5. The van der Waals surface area contributed by atoms with Crippen molar-refractivity contribution < 1.29 is 0 Å². The summed E-state index contributed by atoms with van der Waals surface area (Å²) >= 11 is 0. The molecule has 11 aromatic rings. The summed E-state index contributed by atoms with van der Waals surface area (Å²) < 4.78 is 2.38. The van der Waals surface area contributed by atoms with Gasteiger partial charge in [-0.2, -0.15) is 0 Å². The van der Waals surface area contributed by atoms with Gasteiger partial charge in [0.1, 0.15) is 0 Å². The van der Waals surface area contributed by atoms with Gasteiger partial charge in [0.15, 0.2) is 17.5 Å². The van der Waals surface area contributed by atoms with E-state index in [0.29, 0.717) is 17.5 Å². The van der Waals surface area contributed by atoms with Crippen LogP contribution in [0.2, 0.25) is 0 Å². The van der Waals surface area contributed by atoms with Gasteiger partial charge < -0.3 is 4.57 Å². The number of pyridine rings is 1.